The van der Waals surface area contributed by atoms with Crippen molar-refractivity contribution in [1.82, 2.24) is 10.6 Å². The van der Waals surface area contributed by atoms with Gasteiger partial charge in [-0.25, -0.2) is 4.79 Å². The molecule has 1 aliphatic rings. The van der Waals surface area contributed by atoms with Crippen LogP contribution in [-0.4, -0.2) is 54.9 Å². The summed E-state index contributed by atoms with van der Waals surface area (Å²) >= 11 is 1.56. The quantitative estimate of drug-likeness (QED) is 0.566. The van der Waals surface area contributed by atoms with Gasteiger partial charge < -0.3 is 20.7 Å². The molecule has 9 heteroatoms. The topological polar surface area (TPSA) is 114 Å². The second-order valence-corrected chi connectivity index (χ2v) is 7.01. The summed E-state index contributed by atoms with van der Waals surface area (Å²) in [6, 6.07) is 5.14. The summed E-state index contributed by atoms with van der Waals surface area (Å²) in [6.45, 7) is 0. The Morgan fingerprint density at radius 1 is 1.30 bits per heavy atom. The number of benzene rings is 1. The van der Waals surface area contributed by atoms with Crippen LogP contribution >= 0.6 is 11.8 Å². The van der Waals surface area contributed by atoms with Crippen LogP contribution in [0.3, 0.4) is 0 Å². The first-order chi connectivity index (χ1) is 13.0. The van der Waals surface area contributed by atoms with Crippen molar-refractivity contribution in [3.05, 3.63) is 29.8 Å². The molecule has 0 saturated carbocycles. The molecule has 8 nitrogen and oxygen atoms in total. The average Bonchev–Trinajstić information content (AvgIpc) is 2.79. The van der Waals surface area contributed by atoms with Gasteiger partial charge in [0.25, 0.3) is 5.91 Å². The fraction of sp³-hybridized carbons (Fsp3) is 0.444. The van der Waals surface area contributed by atoms with Crippen LogP contribution < -0.4 is 16.0 Å². The highest BCUT2D eigenvalue weighted by Gasteiger charge is 2.28. The number of esters is 1. The zero-order valence-corrected chi connectivity index (χ0v) is 16.1. The largest absolute Gasteiger partial charge is 0.467 e. The summed E-state index contributed by atoms with van der Waals surface area (Å²) in [5.74, 6) is -0.946. The van der Waals surface area contributed by atoms with Crippen LogP contribution in [-0.2, 0) is 19.1 Å². The van der Waals surface area contributed by atoms with Crippen molar-refractivity contribution < 1.29 is 23.9 Å². The number of anilines is 1. The molecule has 1 aliphatic heterocycles. The van der Waals surface area contributed by atoms with Crippen LogP contribution in [0.2, 0.25) is 0 Å². The molecule has 0 bridgehead atoms. The van der Waals surface area contributed by atoms with E-state index in [9.17, 15) is 19.2 Å². The van der Waals surface area contributed by atoms with Gasteiger partial charge in [0.1, 0.15) is 12.1 Å². The van der Waals surface area contributed by atoms with Gasteiger partial charge in [0.15, 0.2) is 0 Å². The van der Waals surface area contributed by atoms with E-state index in [4.69, 9.17) is 4.74 Å². The van der Waals surface area contributed by atoms with Crippen LogP contribution in [0.15, 0.2) is 24.3 Å². The minimum absolute atomic E-state index is 0.0124. The van der Waals surface area contributed by atoms with Crippen LogP contribution in [0, 0.1) is 0 Å². The number of rotatable bonds is 8. The first-order valence-corrected chi connectivity index (χ1v) is 9.92. The van der Waals surface area contributed by atoms with Crippen LogP contribution in [0.4, 0.5) is 5.69 Å². The van der Waals surface area contributed by atoms with E-state index in [-0.39, 0.29) is 30.6 Å². The lowest BCUT2D eigenvalue weighted by molar-refractivity contribution is -0.145. The van der Waals surface area contributed by atoms with E-state index < -0.39 is 18.1 Å². The number of hydrogen-bond donors (Lipinski definition) is 3. The van der Waals surface area contributed by atoms with Gasteiger partial charge in [0.05, 0.1) is 18.4 Å². The number of carbonyl (C=O) groups excluding carboxylic acids is 4. The molecule has 0 unspecified atom stereocenters. The van der Waals surface area contributed by atoms with Crippen molar-refractivity contribution in [2.45, 2.75) is 31.3 Å². The second kappa shape index (κ2) is 9.96. The summed E-state index contributed by atoms with van der Waals surface area (Å²) in [6.07, 6.45) is 2.46. The number of thioether (sulfide) groups is 1. The normalized spacial score (nSPS) is 17.0. The van der Waals surface area contributed by atoms with Gasteiger partial charge in [-0.3, -0.25) is 14.4 Å². The molecule has 0 radical (unpaired) electrons. The minimum atomic E-state index is -0.835. The maximum absolute atomic E-state index is 12.3. The Kier molecular flexibility index (Phi) is 7.66. The number of amides is 3. The molecule has 0 spiro atoms. The number of methoxy groups -OCH3 is 1. The molecular weight excluding hydrogens is 370 g/mol. The number of carbonyl (C=O) groups is 4. The Bertz CT molecular complexity index is 725. The maximum atomic E-state index is 12.3. The van der Waals surface area contributed by atoms with Crippen LogP contribution in [0.25, 0.3) is 0 Å². The molecule has 0 fully saturated rings. The van der Waals surface area contributed by atoms with Crippen molar-refractivity contribution >= 4 is 41.1 Å². The number of fused-ring (bicyclic) bond motifs is 1. The molecule has 0 saturated heterocycles. The monoisotopic (exact) mass is 393 g/mol. The number of nitrogens with one attached hydrogen (secondary N) is 3. The summed E-state index contributed by atoms with van der Waals surface area (Å²) in [5, 5.41) is 7.96. The number of ether oxygens (including phenoxy) is 1. The Hall–Kier alpha value is -2.55. The van der Waals surface area contributed by atoms with Crippen molar-refractivity contribution in [3.8, 4) is 0 Å². The summed E-state index contributed by atoms with van der Waals surface area (Å²) in [7, 11) is 1.27. The fourth-order valence-corrected chi connectivity index (χ4v) is 3.16. The third-order valence-electron chi connectivity index (χ3n) is 4.14. The molecule has 146 valence electrons. The molecule has 3 amide bonds. The molecule has 27 heavy (non-hydrogen) atoms. The van der Waals surface area contributed by atoms with E-state index in [0.29, 0.717) is 23.4 Å². The molecule has 1 aromatic carbocycles. The lowest BCUT2D eigenvalue weighted by Gasteiger charge is -2.18. The molecule has 2 atom stereocenters. The third-order valence-corrected chi connectivity index (χ3v) is 4.79. The minimum Gasteiger partial charge on any atom is -0.467 e. The molecular formula is C18H23N3O5S. The summed E-state index contributed by atoms with van der Waals surface area (Å²) in [5.41, 5.74) is 0.815. The van der Waals surface area contributed by atoms with Gasteiger partial charge in [-0.1, -0.05) is 12.1 Å². The van der Waals surface area contributed by atoms with Crippen molar-refractivity contribution in [1.29, 1.82) is 0 Å². The van der Waals surface area contributed by atoms with Gasteiger partial charge in [-0.2, -0.15) is 11.8 Å². The Morgan fingerprint density at radius 2 is 2.04 bits per heavy atom. The van der Waals surface area contributed by atoms with E-state index in [2.05, 4.69) is 16.0 Å². The predicted molar refractivity (Wildman–Crippen MR) is 103 cm³/mol. The SMILES string of the molecule is COC(=O)[C@H](CCSC)NC(=O)CC[C@@H]1NC(=O)c2ccccc2NC1=O. The first-order valence-electron chi connectivity index (χ1n) is 8.53. The first kappa shape index (κ1) is 20.8. The van der Waals surface area contributed by atoms with Gasteiger partial charge in [0.2, 0.25) is 11.8 Å². The van der Waals surface area contributed by atoms with E-state index in [1.807, 2.05) is 6.26 Å². The number of hydrogen-bond acceptors (Lipinski definition) is 6. The van der Waals surface area contributed by atoms with E-state index in [1.54, 1.807) is 36.0 Å². The van der Waals surface area contributed by atoms with Gasteiger partial charge in [-0.05, 0) is 37.0 Å². The van der Waals surface area contributed by atoms with Gasteiger partial charge in [0, 0.05) is 6.42 Å². The highest BCUT2D eigenvalue weighted by Crippen LogP contribution is 2.19. The van der Waals surface area contributed by atoms with Crippen molar-refractivity contribution in [2.75, 3.05) is 24.4 Å². The highest BCUT2D eigenvalue weighted by molar-refractivity contribution is 7.98. The average molecular weight is 393 g/mol. The smallest absolute Gasteiger partial charge is 0.328 e. The molecule has 2 rings (SSSR count). The third kappa shape index (κ3) is 5.72. The zero-order valence-electron chi connectivity index (χ0n) is 15.2. The van der Waals surface area contributed by atoms with E-state index in [1.165, 1.54) is 7.11 Å². The predicted octanol–water partition coefficient (Wildman–Crippen LogP) is 0.928. The number of para-hydroxylation sites is 1. The van der Waals surface area contributed by atoms with Crippen LogP contribution in [0.5, 0.6) is 0 Å². The molecule has 1 aromatic rings. The Morgan fingerprint density at radius 3 is 2.74 bits per heavy atom. The summed E-state index contributed by atoms with van der Waals surface area (Å²) < 4.78 is 4.70. The van der Waals surface area contributed by atoms with Gasteiger partial charge in [-0.15, -0.1) is 0 Å². The lowest BCUT2D eigenvalue weighted by atomic mass is 10.1. The van der Waals surface area contributed by atoms with Gasteiger partial charge >= 0.3 is 5.97 Å². The fourth-order valence-electron chi connectivity index (χ4n) is 2.68. The highest BCUT2D eigenvalue weighted by atomic mass is 32.2. The molecule has 0 aliphatic carbocycles. The van der Waals surface area contributed by atoms with E-state index >= 15 is 0 Å². The van der Waals surface area contributed by atoms with Crippen LogP contribution in [0.1, 0.15) is 29.6 Å². The molecule has 3 N–H and O–H groups in total. The standard InChI is InChI=1S/C18H23N3O5S/c1-26-18(25)14(9-10-27-2)19-15(22)8-7-13-17(24)20-12-6-4-3-5-11(12)16(23)21-13/h3-6,13-14H,7-10H2,1-2H3,(H,19,22)(H,20,24)(H,21,23)/t13-,14-/m0/s1. The lowest BCUT2D eigenvalue weighted by Crippen LogP contribution is -2.44. The summed E-state index contributed by atoms with van der Waals surface area (Å²) in [4.78, 5) is 48.5. The molecule has 0 aromatic heterocycles. The maximum Gasteiger partial charge on any atom is 0.328 e. The second-order valence-electron chi connectivity index (χ2n) is 6.02. The zero-order chi connectivity index (χ0) is 19.8. The van der Waals surface area contributed by atoms with Crippen molar-refractivity contribution in [3.63, 3.8) is 0 Å². The Balaban J connectivity index is 1.93. The van der Waals surface area contributed by atoms with Crippen molar-refractivity contribution in [2.24, 2.45) is 0 Å². The Labute approximate surface area is 161 Å². The van der Waals surface area contributed by atoms with E-state index in [0.717, 1.165) is 0 Å². The molecule has 1 heterocycles.